The van der Waals surface area contributed by atoms with Crippen LogP contribution in [0.25, 0.3) is 0 Å². The maximum atomic E-state index is 13.1. The Bertz CT molecular complexity index is 1300. The first-order valence-electron chi connectivity index (χ1n) is 11.5. The van der Waals surface area contributed by atoms with E-state index < -0.39 is 24.0 Å². The molecular weight excluding hydrogens is 484 g/mol. The Hall–Kier alpha value is -4.11. The van der Waals surface area contributed by atoms with Gasteiger partial charge in [0.15, 0.2) is 0 Å². The minimum Gasteiger partial charge on any atom is -0.508 e. The summed E-state index contributed by atoms with van der Waals surface area (Å²) in [5, 5.41) is 15.7. The summed E-state index contributed by atoms with van der Waals surface area (Å²) < 4.78 is 5.78. The molecule has 5 rings (SSSR count). The minimum atomic E-state index is -0.703. The third-order valence-electron chi connectivity index (χ3n) is 6.26. The van der Waals surface area contributed by atoms with Gasteiger partial charge in [0.1, 0.15) is 29.1 Å². The summed E-state index contributed by atoms with van der Waals surface area (Å²) in [5.41, 5.74) is 1.05. The maximum absolute atomic E-state index is 13.1. The van der Waals surface area contributed by atoms with Crippen LogP contribution in [0.2, 0.25) is 5.02 Å². The van der Waals surface area contributed by atoms with E-state index in [1.165, 1.54) is 23.2 Å². The van der Waals surface area contributed by atoms with Crippen LogP contribution < -0.4 is 15.4 Å². The van der Waals surface area contributed by atoms with E-state index in [-0.39, 0.29) is 35.6 Å². The molecule has 10 heteroatoms. The van der Waals surface area contributed by atoms with Crippen LogP contribution in [0.1, 0.15) is 22.3 Å². The van der Waals surface area contributed by atoms with Gasteiger partial charge in [0.05, 0.1) is 0 Å². The van der Waals surface area contributed by atoms with Crippen LogP contribution in [0.3, 0.4) is 0 Å². The number of nitrogens with one attached hydrogen (secondary N) is 2. The third-order valence-corrected chi connectivity index (χ3v) is 6.51. The summed E-state index contributed by atoms with van der Waals surface area (Å²) in [5.74, 6) is -0.111. The molecule has 0 saturated carbocycles. The van der Waals surface area contributed by atoms with Crippen molar-refractivity contribution in [2.24, 2.45) is 0 Å². The second-order valence-electron chi connectivity index (χ2n) is 8.76. The molecule has 2 fully saturated rings. The number of phenols is 1. The molecule has 9 nitrogen and oxygen atoms in total. The molecule has 2 saturated heterocycles. The van der Waals surface area contributed by atoms with Crippen molar-refractivity contribution in [1.82, 2.24) is 20.5 Å². The lowest BCUT2D eigenvalue weighted by Gasteiger charge is -2.34. The number of carbonyl (C=O) groups excluding carboxylic acids is 3. The molecule has 2 aliphatic heterocycles. The second kappa shape index (κ2) is 9.87. The number of amides is 3. The average molecular weight is 507 g/mol. The Morgan fingerprint density at radius 3 is 2.64 bits per heavy atom. The summed E-state index contributed by atoms with van der Waals surface area (Å²) in [6, 6.07) is 14.7. The lowest BCUT2D eigenvalue weighted by Crippen LogP contribution is -2.61. The predicted octanol–water partition coefficient (Wildman–Crippen LogP) is 2.67. The van der Waals surface area contributed by atoms with Crippen molar-refractivity contribution in [3.8, 4) is 17.4 Å². The van der Waals surface area contributed by atoms with E-state index in [4.69, 9.17) is 16.3 Å². The third kappa shape index (κ3) is 4.96. The Kier molecular flexibility index (Phi) is 6.47. The molecule has 0 bridgehead atoms. The van der Waals surface area contributed by atoms with Crippen LogP contribution in [0.4, 0.5) is 0 Å². The molecule has 184 valence electrons. The summed E-state index contributed by atoms with van der Waals surface area (Å²) >= 11 is 5.92. The number of aromatic hydroxyl groups is 1. The highest BCUT2D eigenvalue weighted by Crippen LogP contribution is 2.27. The van der Waals surface area contributed by atoms with Gasteiger partial charge < -0.3 is 25.4 Å². The number of fused-ring (bicyclic) bond motifs is 1. The SMILES string of the molecule is O=C(N[C@H]1C[C@H]2C(=O)N[C@@H](Cc3ccc(O)cc3)C(=O)N2C1)c1cccnc1Oc1ccc(Cl)cc1. The highest BCUT2D eigenvalue weighted by Gasteiger charge is 2.46. The number of hydrogen-bond acceptors (Lipinski definition) is 6. The molecule has 2 aromatic carbocycles. The van der Waals surface area contributed by atoms with Crippen LogP contribution in [-0.4, -0.2) is 57.4 Å². The van der Waals surface area contributed by atoms with Gasteiger partial charge in [-0.05, 0) is 60.5 Å². The minimum absolute atomic E-state index is 0.131. The first kappa shape index (κ1) is 23.6. The molecule has 0 spiro atoms. The van der Waals surface area contributed by atoms with Crippen molar-refractivity contribution in [1.29, 1.82) is 0 Å². The zero-order valence-corrected chi connectivity index (χ0v) is 19.8. The topological polar surface area (TPSA) is 121 Å². The second-order valence-corrected chi connectivity index (χ2v) is 9.19. The number of pyridine rings is 1. The molecule has 3 atom stereocenters. The van der Waals surface area contributed by atoms with Crippen LogP contribution >= 0.6 is 11.6 Å². The number of piperazine rings is 1. The van der Waals surface area contributed by atoms with Gasteiger partial charge in [0.2, 0.25) is 17.7 Å². The van der Waals surface area contributed by atoms with Gasteiger partial charge in [0.25, 0.3) is 5.91 Å². The molecule has 0 radical (unpaired) electrons. The first-order valence-corrected chi connectivity index (χ1v) is 11.8. The van der Waals surface area contributed by atoms with Crippen molar-refractivity contribution < 1.29 is 24.2 Å². The van der Waals surface area contributed by atoms with Gasteiger partial charge in [-0.25, -0.2) is 4.98 Å². The molecule has 0 aliphatic carbocycles. The lowest BCUT2D eigenvalue weighted by molar-refractivity contribution is -0.147. The Morgan fingerprint density at radius 1 is 1.14 bits per heavy atom. The van der Waals surface area contributed by atoms with Gasteiger partial charge in [-0.15, -0.1) is 0 Å². The molecule has 1 aromatic heterocycles. The van der Waals surface area contributed by atoms with Crippen LogP contribution in [0.5, 0.6) is 17.4 Å². The highest BCUT2D eigenvalue weighted by molar-refractivity contribution is 6.30. The van der Waals surface area contributed by atoms with E-state index in [0.717, 1.165) is 5.56 Å². The molecule has 0 unspecified atom stereocenters. The van der Waals surface area contributed by atoms with E-state index >= 15 is 0 Å². The molecular formula is C26H23ClN4O5. The Morgan fingerprint density at radius 2 is 1.89 bits per heavy atom. The standard InChI is InChI=1S/C26H23ClN4O5/c27-16-5-9-19(10-6-16)36-25-20(2-1-11-28-25)23(33)29-17-13-22-24(34)30-21(26(35)31(22)14-17)12-15-3-7-18(32)8-4-15/h1-11,17,21-22,32H,12-14H2,(H,29,33)(H,30,34)/t17-,21-,22-/m0/s1. The first-order chi connectivity index (χ1) is 17.4. The fourth-order valence-corrected chi connectivity index (χ4v) is 4.62. The van der Waals surface area contributed by atoms with E-state index in [2.05, 4.69) is 15.6 Å². The number of halogens is 1. The van der Waals surface area contributed by atoms with Gasteiger partial charge >= 0.3 is 0 Å². The molecule has 3 N–H and O–H groups in total. The quantitative estimate of drug-likeness (QED) is 0.472. The number of aromatic nitrogens is 1. The Balaban J connectivity index is 1.25. The van der Waals surface area contributed by atoms with Gasteiger partial charge in [-0.1, -0.05) is 23.7 Å². The number of ether oxygens (including phenoxy) is 1. The largest absolute Gasteiger partial charge is 0.508 e. The van der Waals surface area contributed by atoms with Crippen molar-refractivity contribution in [3.63, 3.8) is 0 Å². The molecule has 3 heterocycles. The number of benzene rings is 2. The zero-order chi connectivity index (χ0) is 25.2. The van der Waals surface area contributed by atoms with Crippen molar-refractivity contribution in [2.75, 3.05) is 6.54 Å². The van der Waals surface area contributed by atoms with Crippen LogP contribution in [-0.2, 0) is 16.0 Å². The zero-order valence-electron chi connectivity index (χ0n) is 19.1. The summed E-state index contributed by atoms with van der Waals surface area (Å²) in [4.78, 5) is 44.7. The van der Waals surface area contributed by atoms with Crippen molar-refractivity contribution in [3.05, 3.63) is 83.0 Å². The van der Waals surface area contributed by atoms with E-state index in [1.54, 1.807) is 48.5 Å². The molecule has 3 amide bonds. The van der Waals surface area contributed by atoms with Crippen molar-refractivity contribution in [2.45, 2.75) is 31.0 Å². The molecule has 2 aliphatic rings. The van der Waals surface area contributed by atoms with Gasteiger partial charge in [-0.3, -0.25) is 14.4 Å². The average Bonchev–Trinajstić information content (AvgIpc) is 3.30. The summed E-state index contributed by atoms with van der Waals surface area (Å²) in [6.07, 6.45) is 2.14. The van der Waals surface area contributed by atoms with Crippen molar-refractivity contribution >= 4 is 29.3 Å². The Labute approximate surface area is 212 Å². The highest BCUT2D eigenvalue weighted by atomic mass is 35.5. The summed E-state index contributed by atoms with van der Waals surface area (Å²) in [7, 11) is 0. The fourth-order valence-electron chi connectivity index (χ4n) is 4.49. The monoisotopic (exact) mass is 506 g/mol. The number of carbonyl (C=O) groups is 3. The number of phenolic OH excluding ortho intramolecular Hbond substituents is 1. The molecule has 36 heavy (non-hydrogen) atoms. The summed E-state index contributed by atoms with van der Waals surface area (Å²) in [6.45, 7) is 0.225. The van der Waals surface area contributed by atoms with Gasteiger partial charge in [-0.2, -0.15) is 0 Å². The van der Waals surface area contributed by atoms with Crippen LogP contribution in [0.15, 0.2) is 66.9 Å². The number of hydrogen-bond donors (Lipinski definition) is 3. The van der Waals surface area contributed by atoms with Crippen LogP contribution in [0, 0.1) is 0 Å². The smallest absolute Gasteiger partial charge is 0.257 e. The lowest BCUT2D eigenvalue weighted by atomic mass is 10.0. The van der Waals surface area contributed by atoms with Gasteiger partial charge in [0, 0.05) is 30.2 Å². The van der Waals surface area contributed by atoms with E-state index in [1.807, 2.05) is 0 Å². The van der Waals surface area contributed by atoms with E-state index in [9.17, 15) is 19.5 Å². The fraction of sp³-hybridized carbons (Fsp3) is 0.231. The normalized spacial score (nSPS) is 21.0. The molecule has 3 aromatic rings. The maximum Gasteiger partial charge on any atom is 0.257 e. The van der Waals surface area contributed by atoms with E-state index in [0.29, 0.717) is 23.6 Å². The number of rotatable bonds is 6. The number of nitrogens with zero attached hydrogens (tertiary/aromatic N) is 2. The predicted molar refractivity (Wildman–Crippen MR) is 131 cm³/mol.